The highest BCUT2D eigenvalue weighted by Crippen LogP contribution is 2.08. The molecule has 0 unspecified atom stereocenters. The van der Waals surface area contributed by atoms with Crippen molar-refractivity contribution < 1.29 is 9.21 Å². The Morgan fingerprint density at radius 2 is 2.25 bits per heavy atom. The van der Waals surface area contributed by atoms with Crippen molar-refractivity contribution in [3.63, 3.8) is 0 Å². The van der Waals surface area contributed by atoms with Crippen LogP contribution in [0.4, 0.5) is 5.95 Å². The molecule has 0 spiro atoms. The minimum atomic E-state index is -0.276. The van der Waals surface area contributed by atoms with Gasteiger partial charge in [-0.15, -0.1) is 0 Å². The lowest BCUT2D eigenvalue weighted by Gasteiger charge is -2.01. The van der Waals surface area contributed by atoms with Crippen LogP contribution < -0.4 is 5.32 Å². The summed E-state index contributed by atoms with van der Waals surface area (Å²) in [5.41, 5.74) is 1.26. The van der Waals surface area contributed by atoms with Crippen molar-refractivity contribution in [2.45, 2.75) is 13.8 Å². The van der Waals surface area contributed by atoms with E-state index in [1.807, 2.05) is 6.92 Å². The van der Waals surface area contributed by atoms with Crippen LogP contribution in [-0.4, -0.2) is 15.9 Å². The van der Waals surface area contributed by atoms with Gasteiger partial charge in [0, 0.05) is 11.9 Å². The van der Waals surface area contributed by atoms with E-state index in [9.17, 15) is 4.79 Å². The van der Waals surface area contributed by atoms with E-state index in [2.05, 4.69) is 15.3 Å². The molecule has 0 radical (unpaired) electrons. The van der Waals surface area contributed by atoms with E-state index in [-0.39, 0.29) is 5.91 Å². The molecule has 0 aliphatic carbocycles. The smallest absolute Gasteiger partial charge is 0.261 e. The van der Waals surface area contributed by atoms with Gasteiger partial charge in [-0.1, -0.05) is 0 Å². The summed E-state index contributed by atoms with van der Waals surface area (Å²) in [5.74, 6) is 0.710. The van der Waals surface area contributed by atoms with Crippen LogP contribution in [0.15, 0.2) is 29.0 Å². The minimum absolute atomic E-state index is 0.276. The maximum Gasteiger partial charge on any atom is 0.261 e. The molecule has 0 saturated carbocycles. The maximum absolute atomic E-state index is 11.7. The van der Waals surface area contributed by atoms with Crippen LogP contribution >= 0.6 is 0 Å². The zero-order valence-corrected chi connectivity index (χ0v) is 9.02. The highest BCUT2D eigenvalue weighted by molar-refractivity contribution is 6.03. The minimum Gasteiger partial charge on any atom is -0.469 e. The number of hydrogen-bond acceptors (Lipinski definition) is 4. The highest BCUT2D eigenvalue weighted by atomic mass is 16.3. The normalized spacial score (nSPS) is 10.1. The first kappa shape index (κ1) is 10.4. The Bertz CT molecular complexity index is 519. The Hall–Kier alpha value is -2.17. The topological polar surface area (TPSA) is 68.0 Å². The summed E-state index contributed by atoms with van der Waals surface area (Å²) >= 11 is 0. The molecule has 2 heterocycles. The standard InChI is InChI=1S/C11H11N3O2/c1-7-3-4-12-11(13-7)14-10(15)9-5-8(2)16-6-9/h3-6H,1-2H3,(H,12,13,14,15). The molecule has 5 nitrogen and oxygen atoms in total. The van der Waals surface area contributed by atoms with Crippen LogP contribution in [0.1, 0.15) is 21.8 Å². The van der Waals surface area contributed by atoms with Crippen LogP contribution in [0.2, 0.25) is 0 Å². The van der Waals surface area contributed by atoms with Gasteiger partial charge in [0.05, 0.1) is 5.56 Å². The Balaban J connectivity index is 2.13. The molecule has 2 aromatic rings. The molecular weight excluding hydrogens is 206 g/mol. The molecule has 0 atom stereocenters. The van der Waals surface area contributed by atoms with Gasteiger partial charge < -0.3 is 4.42 Å². The predicted octanol–water partition coefficient (Wildman–Crippen LogP) is 1.94. The molecule has 82 valence electrons. The molecule has 0 aromatic carbocycles. The fourth-order valence-electron chi connectivity index (χ4n) is 1.25. The monoisotopic (exact) mass is 217 g/mol. The molecule has 16 heavy (non-hydrogen) atoms. The van der Waals surface area contributed by atoms with E-state index in [4.69, 9.17) is 4.42 Å². The molecule has 2 rings (SSSR count). The summed E-state index contributed by atoms with van der Waals surface area (Å²) in [6.07, 6.45) is 3.00. The number of carbonyl (C=O) groups is 1. The van der Waals surface area contributed by atoms with Crippen LogP contribution in [0.3, 0.4) is 0 Å². The van der Waals surface area contributed by atoms with Crippen LogP contribution in [0, 0.1) is 13.8 Å². The molecule has 5 heteroatoms. The Kier molecular flexibility index (Phi) is 2.68. The summed E-state index contributed by atoms with van der Waals surface area (Å²) in [7, 11) is 0. The third-order valence-electron chi connectivity index (χ3n) is 2.01. The fourth-order valence-corrected chi connectivity index (χ4v) is 1.25. The molecule has 0 aliphatic heterocycles. The van der Waals surface area contributed by atoms with E-state index >= 15 is 0 Å². The Morgan fingerprint density at radius 1 is 1.44 bits per heavy atom. The number of rotatable bonds is 2. The zero-order chi connectivity index (χ0) is 11.5. The number of nitrogens with zero attached hydrogens (tertiary/aromatic N) is 2. The quantitative estimate of drug-likeness (QED) is 0.834. The predicted molar refractivity (Wildman–Crippen MR) is 58.2 cm³/mol. The van der Waals surface area contributed by atoms with Gasteiger partial charge in [0.25, 0.3) is 5.91 Å². The summed E-state index contributed by atoms with van der Waals surface area (Å²) in [6.45, 7) is 3.61. The summed E-state index contributed by atoms with van der Waals surface area (Å²) < 4.78 is 5.05. The summed E-state index contributed by atoms with van der Waals surface area (Å²) in [5, 5.41) is 2.59. The van der Waals surface area contributed by atoms with Crippen molar-refractivity contribution in [3.8, 4) is 0 Å². The molecule has 0 saturated heterocycles. The molecule has 0 bridgehead atoms. The number of carbonyl (C=O) groups excluding carboxylic acids is 1. The fraction of sp³-hybridized carbons (Fsp3) is 0.182. The van der Waals surface area contributed by atoms with Gasteiger partial charge in [0.1, 0.15) is 12.0 Å². The van der Waals surface area contributed by atoms with E-state index in [0.717, 1.165) is 5.69 Å². The van der Waals surface area contributed by atoms with Gasteiger partial charge in [-0.05, 0) is 26.0 Å². The van der Waals surface area contributed by atoms with E-state index < -0.39 is 0 Å². The first-order valence-corrected chi connectivity index (χ1v) is 4.81. The highest BCUT2D eigenvalue weighted by Gasteiger charge is 2.09. The molecule has 1 N–H and O–H groups in total. The third-order valence-corrected chi connectivity index (χ3v) is 2.01. The number of aromatic nitrogens is 2. The average Bonchev–Trinajstić information content (AvgIpc) is 2.65. The number of aryl methyl sites for hydroxylation is 2. The van der Waals surface area contributed by atoms with Crippen molar-refractivity contribution in [1.82, 2.24) is 9.97 Å². The van der Waals surface area contributed by atoms with E-state index in [1.54, 1.807) is 25.3 Å². The third kappa shape index (κ3) is 2.25. The number of anilines is 1. The van der Waals surface area contributed by atoms with E-state index in [0.29, 0.717) is 17.3 Å². The van der Waals surface area contributed by atoms with Gasteiger partial charge >= 0.3 is 0 Å². The van der Waals surface area contributed by atoms with Gasteiger partial charge in [-0.2, -0.15) is 0 Å². The zero-order valence-electron chi connectivity index (χ0n) is 9.02. The number of furan rings is 1. The van der Waals surface area contributed by atoms with Gasteiger partial charge in [0.2, 0.25) is 5.95 Å². The van der Waals surface area contributed by atoms with E-state index in [1.165, 1.54) is 6.26 Å². The lowest BCUT2D eigenvalue weighted by Crippen LogP contribution is -2.13. The number of hydrogen-bond donors (Lipinski definition) is 1. The van der Waals surface area contributed by atoms with Crippen LogP contribution in [0.25, 0.3) is 0 Å². The first-order valence-electron chi connectivity index (χ1n) is 4.81. The Morgan fingerprint density at radius 3 is 2.88 bits per heavy atom. The van der Waals surface area contributed by atoms with Crippen LogP contribution in [0.5, 0.6) is 0 Å². The average molecular weight is 217 g/mol. The first-order chi connectivity index (χ1) is 7.65. The van der Waals surface area contributed by atoms with Crippen molar-refractivity contribution in [2.75, 3.05) is 5.32 Å². The Labute approximate surface area is 92.5 Å². The SMILES string of the molecule is Cc1ccnc(NC(=O)c2coc(C)c2)n1. The number of nitrogens with one attached hydrogen (secondary N) is 1. The second-order valence-electron chi connectivity index (χ2n) is 3.42. The van der Waals surface area contributed by atoms with Crippen molar-refractivity contribution in [2.24, 2.45) is 0 Å². The summed E-state index contributed by atoms with van der Waals surface area (Å²) in [4.78, 5) is 19.7. The van der Waals surface area contributed by atoms with Gasteiger partial charge in [0.15, 0.2) is 0 Å². The molecule has 0 fully saturated rings. The second-order valence-corrected chi connectivity index (χ2v) is 3.42. The van der Waals surface area contributed by atoms with Crippen molar-refractivity contribution in [3.05, 3.63) is 41.6 Å². The lowest BCUT2D eigenvalue weighted by molar-refractivity contribution is 0.102. The molecule has 2 aromatic heterocycles. The molecule has 1 amide bonds. The largest absolute Gasteiger partial charge is 0.469 e. The van der Waals surface area contributed by atoms with Crippen molar-refractivity contribution >= 4 is 11.9 Å². The maximum atomic E-state index is 11.7. The molecule has 0 aliphatic rings. The van der Waals surface area contributed by atoms with Crippen LogP contribution in [-0.2, 0) is 0 Å². The summed E-state index contributed by atoms with van der Waals surface area (Å²) in [6, 6.07) is 3.42. The lowest BCUT2D eigenvalue weighted by atomic mass is 10.3. The van der Waals surface area contributed by atoms with Gasteiger partial charge in [-0.3, -0.25) is 10.1 Å². The molecular formula is C11H11N3O2. The number of amides is 1. The van der Waals surface area contributed by atoms with Crippen molar-refractivity contribution in [1.29, 1.82) is 0 Å². The second kappa shape index (κ2) is 4.14. The van der Waals surface area contributed by atoms with Gasteiger partial charge in [-0.25, -0.2) is 9.97 Å².